The summed E-state index contributed by atoms with van der Waals surface area (Å²) in [5.41, 5.74) is 0.790. The molecule has 1 unspecified atom stereocenters. The smallest absolute Gasteiger partial charge is 0.122 e. The van der Waals surface area contributed by atoms with Crippen molar-refractivity contribution in [2.24, 2.45) is 0 Å². The Morgan fingerprint density at radius 1 is 1.43 bits per heavy atom. The maximum Gasteiger partial charge on any atom is 0.122 e. The Labute approximate surface area is 84.5 Å². The molecule has 14 heavy (non-hydrogen) atoms. The highest BCUT2D eigenvalue weighted by molar-refractivity contribution is 5.26. The van der Waals surface area contributed by atoms with Crippen LogP contribution in [-0.2, 0) is 4.74 Å². The van der Waals surface area contributed by atoms with Gasteiger partial charge in [0.25, 0.3) is 0 Å². The summed E-state index contributed by atoms with van der Waals surface area (Å²) < 4.78 is 5.59. The first kappa shape index (κ1) is 9.69. The van der Waals surface area contributed by atoms with Gasteiger partial charge in [-0.1, -0.05) is 37.3 Å². The lowest BCUT2D eigenvalue weighted by Gasteiger charge is -2.12. The molecule has 1 heterocycles. The van der Waals surface area contributed by atoms with Gasteiger partial charge >= 0.3 is 0 Å². The molecule has 1 saturated heterocycles. The fourth-order valence-corrected chi connectivity index (χ4v) is 1.91. The Morgan fingerprint density at radius 2 is 2.07 bits per heavy atom. The van der Waals surface area contributed by atoms with E-state index in [2.05, 4.69) is 0 Å². The Hall–Kier alpha value is -0.860. The third-order valence-electron chi connectivity index (χ3n) is 2.99. The van der Waals surface area contributed by atoms with Crippen molar-refractivity contribution in [3.63, 3.8) is 0 Å². The van der Waals surface area contributed by atoms with Crippen LogP contribution in [0.25, 0.3) is 0 Å². The maximum atomic E-state index is 9.76. The van der Waals surface area contributed by atoms with E-state index < -0.39 is 0 Å². The second-order valence-corrected chi connectivity index (χ2v) is 4.02. The second-order valence-electron chi connectivity index (χ2n) is 4.02. The van der Waals surface area contributed by atoms with E-state index in [1.54, 1.807) is 0 Å². The zero-order chi connectivity index (χ0) is 10.2. The van der Waals surface area contributed by atoms with Gasteiger partial charge in [-0.15, -0.1) is 0 Å². The number of rotatable bonds is 3. The molecule has 76 valence electrons. The van der Waals surface area contributed by atoms with Crippen molar-refractivity contribution in [1.82, 2.24) is 0 Å². The first-order valence-electron chi connectivity index (χ1n) is 5.09. The Kier molecular flexibility index (Phi) is 2.33. The first-order valence-corrected chi connectivity index (χ1v) is 5.09. The molecule has 1 aliphatic rings. The summed E-state index contributed by atoms with van der Waals surface area (Å²) in [5, 5.41) is 9.76. The van der Waals surface area contributed by atoms with Crippen molar-refractivity contribution in [2.75, 3.05) is 0 Å². The molecule has 2 nitrogen and oxygen atoms in total. The van der Waals surface area contributed by atoms with E-state index in [1.165, 1.54) is 0 Å². The van der Waals surface area contributed by atoms with Crippen molar-refractivity contribution >= 4 is 0 Å². The Balaban J connectivity index is 2.12. The zero-order valence-electron chi connectivity index (χ0n) is 8.60. The van der Waals surface area contributed by atoms with Gasteiger partial charge in [-0.3, -0.25) is 0 Å². The molecule has 1 aromatic carbocycles. The molecule has 2 rings (SSSR count). The van der Waals surface area contributed by atoms with Gasteiger partial charge in [0.05, 0.1) is 6.10 Å². The SMILES string of the molecule is CCC(O)[C@]1(C)O[C@H]1c1ccccc1. The molecule has 0 aliphatic carbocycles. The standard InChI is InChI=1S/C12H16O2/c1-3-10(13)12(2)11(14-12)9-7-5-4-6-8-9/h4-8,10-11,13H,3H2,1-2H3/t10?,11-,12-/m0/s1. The molecular weight excluding hydrogens is 176 g/mol. The summed E-state index contributed by atoms with van der Waals surface area (Å²) in [5.74, 6) is 0. The molecule has 2 heteroatoms. The quantitative estimate of drug-likeness (QED) is 0.745. The highest BCUT2D eigenvalue weighted by Gasteiger charge is 2.57. The van der Waals surface area contributed by atoms with Crippen LogP contribution in [0.4, 0.5) is 0 Å². The lowest BCUT2D eigenvalue weighted by molar-refractivity contribution is 0.0817. The fraction of sp³-hybridized carbons (Fsp3) is 0.500. The number of epoxide rings is 1. The Bertz CT molecular complexity index is 309. The summed E-state index contributed by atoms with van der Waals surface area (Å²) in [4.78, 5) is 0. The monoisotopic (exact) mass is 192 g/mol. The van der Waals surface area contributed by atoms with Gasteiger partial charge in [0.2, 0.25) is 0 Å². The van der Waals surface area contributed by atoms with E-state index in [0.29, 0.717) is 0 Å². The summed E-state index contributed by atoms with van der Waals surface area (Å²) in [6, 6.07) is 10.1. The molecule has 1 N–H and O–H groups in total. The predicted molar refractivity (Wildman–Crippen MR) is 55.0 cm³/mol. The molecule has 1 aromatic rings. The van der Waals surface area contributed by atoms with Gasteiger partial charge in [0.1, 0.15) is 11.7 Å². The van der Waals surface area contributed by atoms with Crippen LogP contribution in [0, 0.1) is 0 Å². The molecular formula is C12H16O2. The van der Waals surface area contributed by atoms with Crippen LogP contribution in [0.15, 0.2) is 30.3 Å². The van der Waals surface area contributed by atoms with Crippen LogP contribution < -0.4 is 0 Å². The van der Waals surface area contributed by atoms with E-state index in [-0.39, 0.29) is 17.8 Å². The number of aliphatic hydroxyl groups is 1. The third-order valence-corrected chi connectivity index (χ3v) is 2.99. The average molecular weight is 192 g/mol. The van der Waals surface area contributed by atoms with Crippen molar-refractivity contribution in [3.8, 4) is 0 Å². The topological polar surface area (TPSA) is 32.8 Å². The molecule has 3 atom stereocenters. The largest absolute Gasteiger partial charge is 0.390 e. The minimum Gasteiger partial charge on any atom is -0.390 e. The predicted octanol–water partition coefficient (Wildman–Crippen LogP) is 2.29. The average Bonchev–Trinajstić information content (AvgIpc) is 2.92. The number of hydrogen-bond acceptors (Lipinski definition) is 2. The first-order chi connectivity index (χ1) is 6.68. The highest BCUT2D eigenvalue weighted by atomic mass is 16.6. The van der Waals surface area contributed by atoms with Gasteiger partial charge in [-0.2, -0.15) is 0 Å². The minimum absolute atomic E-state index is 0.0682. The molecule has 0 bridgehead atoms. The molecule has 1 aliphatic heterocycles. The van der Waals surface area contributed by atoms with Crippen molar-refractivity contribution in [1.29, 1.82) is 0 Å². The third kappa shape index (κ3) is 1.45. The van der Waals surface area contributed by atoms with E-state index in [1.807, 2.05) is 44.2 Å². The molecule has 0 aromatic heterocycles. The summed E-state index contributed by atoms with van der Waals surface area (Å²) in [6.45, 7) is 3.94. The van der Waals surface area contributed by atoms with E-state index in [0.717, 1.165) is 12.0 Å². The van der Waals surface area contributed by atoms with Crippen molar-refractivity contribution in [3.05, 3.63) is 35.9 Å². The van der Waals surface area contributed by atoms with Crippen LogP contribution in [0.2, 0.25) is 0 Å². The summed E-state index contributed by atoms with van der Waals surface area (Å²) >= 11 is 0. The molecule has 0 radical (unpaired) electrons. The van der Waals surface area contributed by atoms with E-state index in [4.69, 9.17) is 4.74 Å². The molecule has 0 spiro atoms. The van der Waals surface area contributed by atoms with E-state index >= 15 is 0 Å². The minimum atomic E-state index is -0.368. The van der Waals surface area contributed by atoms with Crippen molar-refractivity contribution < 1.29 is 9.84 Å². The second kappa shape index (κ2) is 3.37. The van der Waals surface area contributed by atoms with Crippen LogP contribution in [-0.4, -0.2) is 16.8 Å². The normalized spacial score (nSPS) is 32.6. The van der Waals surface area contributed by atoms with Gasteiger partial charge < -0.3 is 9.84 Å². The molecule has 0 amide bonds. The Morgan fingerprint density at radius 3 is 2.64 bits per heavy atom. The number of ether oxygens (including phenoxy) is 1. The van der Waals surface area contributed by atoms with Gasteiger partial charge in [-0.05, 0) is 18.9 Å². The molecule has 0 saturated carbocycles. The van der Waals surface area contributed by atoms with Crippen LogP contribution in [0.3, 0.4) is 0 Å². The number of hydrogen-bond donors (Lipinski definition) is 1. The van der Waals surface area contributed by atoms with Crippen LogP contribution in [0.5, 0.6) is 0 Å². The van der Waals surface area contributed by atoms with Crippen LogP contribution >= 0.6 is 0 Å². The summed E-state index contributed by atoms with van der Waals surface area (Å²) in [6.07, 6.45) is 0.436. The number of aliphatic hydroxyl groups excluding tert-OH is 1. The zero-order valence-corrected chi connectivity index (χ0v) is 8.60. The fourth-order valence-electron chi connectivity index (χ4n) is 1.91. The van der Waals surface area contributed by atoms with Gasteiger partial charge in [0.15, 0.2) is 0 Å². The summed E-state index contributed by atoms with van der Waals surface area (Å²) in [7, 11) is 0. The highest BCUT2D eigenvalue weighted by Crippen LogP contribution is 2.52. The lowest BCUT2D eigenvalue weighted by atomic mass is 9.94. The molecule has 1 fully saturated rings. The lowest BCUT2D eigenvalue weighted by Crippen LogP contribution is -2.26. The van der Waals surface area contributed by atoms with Crippen molar-refractivity contribution in [2.45, 2.75) is 38.1 Å². The maximum absolute atomic E-state index is 9.76. The van der Waals surface area contributed by atoms with E-state index in [9.17, 15) is 5.11 Å². The number of benzene rings is 1. The van der Waals surface area contributed by atoms with Gasteiger partial charge in [0, 0.05) is 0 Å². The van der Waals surface area contributed by atoms with Crippen LogP contribution in [0.1, 0.15) is 31.9 Å². The van der Waals surface area contributed by atoms with Gasteiger partial charge in [-0.25, -0.2) is 0 Å².